The number of nitriles is 1. The van der Waals surface area contributed by atoms with Crippen molar-refractivity contribution in [3.05, 3.63) is 36.2 Å². The number of benzene rings is 1. The van der Waals surface area contributed by atoms with E-state index in [0.717, 1.165) is 0 Å². The predicted octanol–water partition coefficient (Wildman–Crippen LogP) is -0.0264. The number of hydrogen-bond donors (Lipinski definition) is 2. The van der Waals surface area contributed by atoms with Gasteiger partial charge in [-0.3, -0.25) is 0 Å². The van der Waals surface area contributed by atoms with Crippen molar-refractivity contribution in [3.63, 3.8) is 0 Å². The highest BCUT2D eigenvalue weighted by atomic mass is 32.2. The van der Waals surface area contributed by atoms with Crippen molar-refractivity contribution in [2.24, 2.45) is 5.14 Å². The second kappa shape index (κ2) is 4.14. The molecule has 0 aliphatic carbocycles. The summed E-state index contributed by atoms with van der Waals surface area (Å²) in [6.45, 7) is 0. The van der Waals surface area contributed by atoms with E-state index in [0.29, 0.717) is 5.56 Å². The Hall–Kier alpha value is -2.37. The molecule has 2 aromatic rings. The van der Waals surface area contributed by atoms with Crippen molar-refractivity contribution in [3.8, 4) is 11.8 Å². The van der Waals surface area contributed by atoms with Gasteiger partial charge in [0, 0.05) is 11.9 Å². The summed E-state index contributed by atoms with van der Waals surface area (Å²) in [5, 5.41) is 17.7. The standard InChI is InChI=1S/C10H9N5O2S/c11-4-7-5-14-15(6-7)9-2-1-8(12)3-10(9)18(13,16)17/h1-3,5-6H,12H2,(H2,13,16,17). The normalized spacial score (nSPS) is 11.1. The van der Waals surface area contributed by atoms with E-state index in [-0.39, 0.29) is 16.3 Å². The number of nitrogens with zero attached hydrogens (tertiary/aromatic N) is 3. The molecule has 8 heteroatoms. The van der Waals surface area contributed by atoms with Crippen molar-refractivity contribution < 1.29 is 8.42 Å². The van der Waals surface area contributed by atoms with Crippen LogP contribution in [0.15, 0.2) is 35.5 Å². The zero-order chi connectivity index (χ0) is 13.3. The van der Waals surface area contributed by atoms with Crippen molar-refractivity contribution >= 4 is 15.7 Å². The van der Waals surface area contributed by atoms with Crippen LogP contribution in [0.25, 0.3) is 5.69 Å². The average Bonchev–Trinajstić information content (AvgIpc) is 2.76. The highest BCUT2D eigenvalue weighted by Crippen LogP contribution is 2.21. The van der Waals surface area contributed by atoms with Gasteiger partial charge in [-0.15, -0.1) is 0 Å². The molecular formula is C10H9N5O2S. The van der Waals surface area contributed by atoms with E-state index in [9.17, 15) is 8.42 Å². The first-order valence-electron chi connectivity index (χ1n) is 4.79. The maximum atomic E-state index is 11.5. The van der Waals surface area contributed by atoms with Gasteiger partial charge in [0.05, 0.1) is 17.4 Å². The minimum atomic E-state index is -3.93. The molecule has 0 unspecified atom stereocenters. The van der Waals surface area contributed by atoms with Gasteiger partial charge in [0.15, 0.2) is 0 Å². The quantitative estimate of drug-likeness (QED) is 0.735. The molecule has 1 aromatic carbocycles. The van der Waals surface area contributed by atoms with Crippen molar-refractivity contribution in [1.29, 1.82) is 5.26 Å². The third-order valence-electron chi connectivity index (χ3n) is 2.25. The summed E-state index contributed by atoms with van der Waals surface area (Å²) >= 11 is 0. The van der Waals surface area contributed by atoms with Crippen LogP contribution in [0.2, 0.25) is 0 Å². The topological polar surface area (TPSA) is 128 Å². The zero-order valence-electron chi connectivity index (χ0n) is 9.11. The zero-order valence-corrected chi connectivity index (χ0v) is 9.92. The summed E-state index contributed by atoms with van der Waals surface area (Å²) in [5.74, 6) is 0. The monoisotopic (exact) mass is 263 g/mol. The Bertz CT molecular complexity index is 742. The first-order chi connectivity index (χ1) is 8.41. The van der Waals surface area contributed by atoms with Crippen LogP contribution in [-0.4, -0.2) is 18.2 Å². The SMILES string of the molecule is N#Cc1cnn(-c2ccc(N)cc2S(N)(=O)=O)c1. The molecule has 4 N–H and O–H groups in total. The van der Waals surface area contributed by atoms with Crippen LogP contribution in [0, 0.1) is 11.3 Å². The van der Waals surface area contributed by atoms with Gasteiger partial charge in [0.25, 0.3) is 0 Å². The molecule has 1 aromatic heterocycles. The lowest BCUT2D eigenvalue weighted by Gasteiger charge is -2.08. The highest BCUT2D eigenvalue weighted by Gasteiger charge is 2.16. The number of nitrogens with two attached hydrogens (primary N) is 2. The largest absolute Gasteiger partial charge is 0.399 e. The summed E-state index contributed by atoms with van der Waals surface area (Å²) in [5.41, 5.74) is 6.36. The summed E-state index contributed by atoms with van der Waals surface area (Å²) in [4.78, 5) is -0.143. The number of nitrogen functional groups attached to an aromatic ring is 1. The molecule has 0 spiro atoms. The third kappa shape index (κ3) is 2.17. The Morgan fingerprint density at radius 1 is 1.39 bits per heavy atom. The molecule has 0 amide bonds. The van der Waals surface area contributed by atoms with Crippen LogP contribution in [0.5, 0.6) is 0 Å². The van der Waals surface area contributed by atoms with Gasteiger partial charge in [-0.1, -0.05) is 0 Å². The van der Waals surface area contributed by atoms with Crippen molar-refractivity contribution in [2.45, 2.75) is 4.90 Å². The molecule has 0 fully saturated rings. The molecular weight excluding hydrogens is 254 g/mol. The second-order valence-electron chi connectivity index (χ2n) is 3.56. The van der Waals surface area contributed by atoms with E-state index < -0.39 is 10.0 Å². The second-order valence-corrected chi connectivity index (χ2v) is 5.09. The van der Waals surface area contributed by atoms with Crippen LogP contribution in [0.1, 0.15) is 5.56 Å². The molecule has 7 nitrogen and oxygen atoms in total. The molecule has 0 saturated heterocycles. The molecule has 0 radical (unpaired) electrons. The van der Waals surface area contributed by atoms with Gasteiger partial charge in [0.2, 0.25) is 10.0 Å². The Morgan fingerprint density at radius 2 is 2.11 bits per heavy atom. The molecule has 0 aliphatic rings. The number of sulfonamides is 1. The molecule has 0 aliphatic heterocycles. The highest BCUT2D eigenvalue weighted by molar-refractivity contribution is 7.89. The van der Waals surface area contributed by atoms with Gasteiger partial charge >= 0.3 is 0 Å². The Labute approximate surface area is 103 Å². The Kier molecular flexibility index (Phi) is 2.78. The number of primary sulfonamides is 1. The van der Waals surface area contributed by atoms with Crippen LogP contribution < -0.4 is 10.9 Å². The maximum absolute atomic E-state index is 11.5. The van der Waals surface area contributed by atoms with Gasteiger partial charge in [-0.25, -0.2) is 18.2 Å². The summed E-state index contributed by atoms with van der Waals surface area (Å²) < 4.78 is 24.2. The van der Waals surface area contributed by atoms with Gasteiger partial charge in [0.1, 0.15) is 11.0 Å². The first-order valence-corrected chi connectivity index (χ1v) is 6.34. The average molecular weight is 263 g/mol. The van der Waals surface area contributed by atoms with Gasteiger partial charge in [-0.2, -0.15) is 10.4 Å². The number of rotatable bonds is 2. The molecule has 0 atom stereocenters. The summed E-state index contributed by atoms with van der Waals surface area (Å²) in [7, 11) is -3.93. The van der Waals surface area contributed by atoms with E-state index in [2.05, 4.69) is 5.10 Å². The van der Waals surface area contributed by atoms with E-state index in [4.69, 9.17) is 16.1 Å². The number of anilines is 1. The van der Waals surface area contributed by atoms with Crippen LogP contribution in [0.4, 0.5) is 5.69 Å². The predicted molar refractivity (Wildman–Crippen MR) is 64.1 cm³/mol. The molecule has 18 heavy (non-hydrogen) atoms. The molecule has 0 saturated carbocycles. The molecule has 92 valence electrons. The summed E-state index contributed by atoms with van der Waals surface area (Å²) in [6, 6.07) is 6.15. The first kappa shape index (κ1) is 12.1. The van der Waals surface area contributed by atoms with Crippen molar-refractivity contribution in [2.75, 3.05) is 5.73 Å². The van der Waals surface area contributed by atoms with E-state index in [1.807, 2.05) is 6.07 Å². The lowest BCUT2D eigenvalue weighted by atomic mass is 10.3. The Morgan fingerprint density at radius 3 is 2.67 bits per heavy atom. The molecule has 1 heterocycles. The van der Waals surface area contributed by atoms with Gasteiger partial charge in [-0.05, 0) is 18.2 Å². The van der Waals surface area contributed by atoms with E-state index in [1.54, 1.807) is 0 Å². The summed E-state index contributed by atoms with van der Waals surface area (Å²) in [6.07, 6.45) is 2.73. The van der Waals surface area contributed by atoms with Crippen molar-refractivity contribution in [1.82, 2.24) is 9.78 Å². The van der Waals surface area contributed by atoms with Gasteiger partial charge < -0.3 is 5.73 Å². The fraction of sp³-hybridized carbons (Fsp3) is 0. The fourth-order valence-corrected chi connectivity index (χ4v) is 2.21. The van der Waals surface area contributed by atoms with E-state index >= 15 is 0 Å². The molecule has 0 bridgehead atoms. The lowest BCUT2D eigenvalue weighted by Crippen LogP contribution is -2.16. The Balaban J connectivity index is 2.69. The minimum Gasteiger partial charge on any atom is -0.399 e. The molecule has 2 rings (SSSR count). The lowest BCUT2D eigenvalue weighted by molar-refractivity contribution is 0.596. The van der Waals surface area contributed by atoms with E-state index in [1.165, 1.54) is 35.3 Å². The smallest absolute Gasteiger partial charge is 0.240 e. The van der Waals surface area contributed by atoms with Crippen LogP contribution >= 0.6 is 0 Å². The van der Waals surface area contributed by atoms with Crippen LogP contribution in [0.3, 0.4) is 0 Å². The number of hydrogen-bond acceptors (Lipinski definition) is 5. The fourth-order valence-electron chi connectivity index (χ4n) is 1.46. The minimum absolute atomic E-state index is 0.143. The maximum Gasteiger partial charge on any atom is 0.240 e. The van der Waals surface area contributed by atoms with Crippen LogP contribution in [-0.2, 0) is 10.0 Å². The number of aromatic nitrogens is 2. The third-order valence-corrected chi connectivity index (χ3v) is 3.19.